The largest absolute Gasteiger partial charge is 0.496 e. The number of thioether (sulfide) groups is 1. The highest BCUT2D eigenvalue weighted by Crippen LogP contribution is 2.37. The van der Waals surface area contributed by atoms with Gasteiger partial charge in [-0.25, -0.2) is 4.39 Å². The minimum absolute atomic E-state index is 0.136. The molecule has 0 N–H and O–H groups in total. The molecule has 142 valence electrons. The number of amidine groups is 1. The second kappa shape index (κ2) is 7.90. The van der Waals surface area contributed by atoms with E-state index in [4.69, 9.17) is 16.3 Å². The first-order valence-corrected chi connectivity index (χ1v) is 9.62. The van der Waals surface area contributed by atoms with Crippen molar-refractivity contribution in [2.45, 2.75) is 25.1 Å². The molecule has 1 saturated heterocycles. The molecule has 0 aliphatic carbocycles. The van der Waals surface area contributed by atoms with Crippen molar-refractivity contribution in [2.24, 2.45) is 4.99 Å². The molecule has 1 aliphatic heterocycles. The molecule has 1 aliphatic rings. The van der Waals surface area contributed by atoms with E-state index in [1.54, 1.807) is 36.4 Å². The maximum Gasteiger partial charge on any atom is 0.283 e. The van der Waals surface area contributed by atoms with Crippen molar-refractivity contribution in [2.75, 3.05) is 13.7 Å². The van der Waals surface area contributed by atoms with Gasteiger partial charge in [-0.3, -0.25) is 4.79 Å². The van der Waals surface area contributed by atoms with E-state index < -0.39 is 5.91 Å². The normalized spacial score (nSPS) is 17.4. The number of rotatable bonds is 4. The second-order valence-corrected chi connectivity index (χ2v) is 8.96. The van der Waals surface area contributed by atoms with E-state index in [2.05, 4.69) is 18.8 Å². The average Bonchev–Trinajstić information content (AvgIpc) is 2.90. The fourth-order valence-corrected chi connectivity index (χ4v) is 4.19. The molecule has 27 heavy (non-hydrogen) atoms. The third-order valence-electron chi connectivity index (χ3n) is 4.12. The monoisotopic (exact) mass is 406 g/mol. The van der Waals surface area contributed by atoms with Crippen LogP contribution in [-0.2, 0) is 6.54 Å². The van der Waals surface area contributed by atoms with E-state index in [0.29, 0.717) is 40.2 Å². The summed E-state index contributed by atoms with van der Waals surface area (Å²) < 4.78 is 19.2. The van der Waals surface area contributed by atoms with Gasteiger partial charge >= 0.3 is 0 Å². The van der Waals surface area contributed by atoms with E-state index in [1.165, 1.54) is 24.9 Å². The molecule has 0 atom stereocenters. The summed E-state index contributed by atoms with van der Waals surface area (Å²) in [5.41, 5.74) is 0.866. The van der Waals surface area contributed by atoms with Crippen LogP contribution in [0, 0.1) is 5.82 Å². The van der Waals surface area contributed by atoms with E-state index in [0.717, 1.165) is 0 Å². The van der Waals surface area contributed by atoms with Crippen LogP contribution in [-0.4, -0.2) is 34.4 Å². The van der Waals surface area contributed by atoms with Gasteiger partial charge in [0.05, 0.1) is 12.7 Å². The van der Waals surface area contributed by atoms with Crippen LogP contribution >= 0.6 is 23.4 Å². The maximum atomic E-state index is 14.1. The molecule has 0 bridgehead atoms. The maximum absolute atomic E-state index is 14.1. The first kappa shape index (κ1) is 19.7. The Kier molecular flexibility index (Phi) is 5.77. The van der Waals surface area contributed by atoms with Crippen molar-refractivity contribution in [3.63, 3.8) is 0 Å². The molecule has 0 spiro atoms. The van der Waals surface area contributed by atoms with Gasteiger partial charge in [-0.1, -0.05) is 41.6 Å². The number of hydrogen-bond acceptors (Lipinski definition) is 3. The lowest BCUT2D eigenvalue weighted by molar-refractivity contribution is 0.0998. The molecular weight excluding hydrogens is 387 g/mol. The quantitative estimate of drug-likeness (QED) is 0.715. The zero-order valence-corrected chi connectivity index (χ0v) is 16.9. The Morgan fingerprint density at radius 1 is 1.33 bits per heavy atom. The van der Waals surface area contributed by atoms with Crippen LogP contribution in [0.15, 0.2) is 47.5 Å². The van der Waals surface area contributed by atoms with Crippen LogP contribution in [0.25, 0.3) is 0 Å². The summed E-state index contributed by atoms with van der Waals surface area (Å²) in [4.78, 5) is 19.0. The molecule has 0 radical (unpaired) electrons. The van der Waals surface area contributed by atoms with Crippen LogP contribution in [0.4, 0.5) is 4.39 Å². The van der Waals surface area contributed by atoms with Gasteiger partial charge in [-0.15, -0.1) is 0 Å². The summed E-state index contributed by atoms with van der Waals surface area (Å²) in [7, 11) is 1.49. The van der Waals surface area contributed by atoms with Crippen molar-refractivity contribution < 1.29 is 13.9 Å². The third-order valence-corrected chi connectivity index (χ3v) is 5.57. The number of amides is 1. The molecule has 2 aromatic carbocycles. The van der Waals surface area contributed by atoms with Gasteiger partial charge in [0, 0.05) is 28.4 Å². The fourth-order valence-electron chi connectivity index (χ4n) is 2.91. The average molecular weight is 407 g/mol. The van der Waals surface area contributed by atoms with Gasteiger partial charge in [0.15, 0.2) is 5.17 Å². The van der Waals surface area contributed by atoms with Crippen molar-refractivity contribution in [1.82, 2.24) is 4.90 Å². The third kappa shape index (κ3) is 4.62. The minimum atomic E-state index is -0.437. The van der Waals surface area contributed by atoms with Gasteiger partial charge in [0.1, 0.15) is 11.6 Å². The summed E-state index contributed by atoms with van der Waals surface area (Å²) in [6, 6.07) is 11.5. The highest BCUT2D eigenvalue weighted by Gasteiger charge is 2.36. The Morgan fingerprint density at radius 3 is 2.78 bits per heavy atom. The topological polar surface area (TPSA) is 41.9 Å². The van der Waals surface area contributed by atoms with Crippen LogP contribution in [0.1, 0.15) is 29.8 Å². The standard InChI is InChI=1S/C20H20ClFN2O2S/c1-20(2)12-24(11-13-6-4-5-7-16(13)22)19(27-20)23-18(25)15-10-14(21)8-9-17(15)26-3/h4-10H,11-12H2,1-3H3. The molecule has 1 heterocycles. The van der Waals surface area contributed by atoms with Gasteiger partial charge in [-0.05, 0) is 38.1 Å². The minimum Gasteiger partial charge on any atom is -0.496 e. The Bertz CT molecular complexity index is 901. The van der Waals surface area contributed by atoms with Crippen molar-refractivity contribution in [1.29, 1.82) is 0 Å². The van der Waals surface area contributed by atoms with Crippen molar-refractivity contribution >= 4 is 34.4 Å². The molecule has 1 amide bonds. The van der Waals surface area contributed by atoms with E-state index in [1.807, 2.05) is 4.90 Å². The zero-order valence-electron chi connectivity index (χ0n) is 15.3. The molecule has 2 aromatic rings. The first-order valence-electron chi connectivity index (χ1n) is 8.43. The number of aliphatic imine (C=N–C) groups is 1. The van der Waals surface area contributed by atoms with Crippen LogP contribution in [0.5, 0.6) is 5.75 Å². The number of halogens is 2. The van der Waals surface area contributed by atoms with Gasteiger partial charge in [0.2, 0.25) is 0 Å². The molecule has 1 fully saturated rings. The lowest BCUT2D eigenvalue weighted by atomic mass is 10.1. The number of hydrogen-bond donors (Lipinski definition) is 0. The van der Waals surface area contributed by atoms with Crippen LogP contribution in [0.2, 0.25) is 5.02 Å². The molecule has 0 aromatic heterocycles. The lowest BCUT2D eigenvalue weighted by Gasteiger charge is -2.20. The Hall–Kier alpha value is -2.05. The molecule has 0 saturated carbocycles. The summed E-state index contributed by atoms with van der Waals surface area (Å²) in [6.45, 7) is 5.14. The van der Waals surface area contributed by atoms with Crippen LogP contribution < -0.4 is 4.74 Å². The predicted octanol–water partition coefficient (Wildman–Crippen LogP) is 5.01. The fraction of sp³-hybridized carbons (Fsp3) is 0.300. The smallest absolute Gasteiger partial charge is 0.283 e. The molecule has 3 rings (SSSR count). The highest BCUT2D eigenvalue weighted by atomic mass is 35.5. The Labute approximate surface area is 167 Å². The molecule has 7 heteroatoms. The van der Waals surface area contributed by atoms with E-state index in [-0.39, 0.29) is 10.6 Å². The Morgan fingerprint density at radius 2 is 2.07 bits per heavy atom. The number of benzene rings is 2. The first-order chi connectivity index (χ1) is 12.8. The molecule has 0 unspecified atom stereocenters. The molecular formula is C20H20ClFN2O2S. The lowest BCUT2D eigenvalue weighted by Crippen LogP contribution is -2.29. The zero-order chi connectivity index (χ0) is 19.6. The highest BCUT2D eigenvalue weighted by molar-refractivity contribution is 8.15. The van der Waals surface area contributed by atoms with E-state index in [9.17, 15) is 9.18 Å². The summed E-state index contributed by atoms with van der Waals surface area (Å²) in [5, 5.41) is 0.997. The second-order valence-electron chi connectivity index (χ2n) is 6.85. The van der Waals surface area contributed by atoms with Gasteiger partial charge in [0.25, 0.3) is 5.91 Å². The van der Waals surface area contributed by atoms with Crippen molar-refractivity contribution in [3.8, 4) is 5.75 Å². The molecule has 4 nitrogen and oxygen atoms in total. The Balaban J connectivity index is 1.91. The number of nitrogens with zero attached hydrogens (tertiary/aromatic N) is 2. The van der Waals surface area contributed by atoms with Crippen LogP contribution in [0.3, 0.4) is 0 Å². The van der Waals surface area contributed by atoms with E-state index >= 15 is 0 Å². The predicted molar refractivity (Wildman–Crippen MR) is 108 cm³/mol. The summed E-state index contributed by atoms with van der Waals surface area (Å²) >= 11 is 7.52. The number of methoxy groups -OCH3 is 1. The van der Waals surface area contributed by atoms with Gasteiger partial charge in [-0.2, -0.15) is 4.99 Å². The summed E-state index contributed by atoms with van der Waals surface area (Å²) in [5.74, 6) is -0.292. The number of carbonyl (C=O) groups excluding carboxylic acids is 1. The SMILES string of the molecule is COc1ccc(Cl)cc1C(=O)N=C1SC(C)(C)CN1Cc1ccccc1F. The summed E-state index contributed by atoms with van der Waals surface area (Å²) in [6.07, 6.45) is 0. The number of ether oxygens (including phenoxy) is 1. The van der Waals surface area contributed by atoms with Gasteiger partial charge < -0.3 is 9.64 Å². The van der Waals surface area contributed by atoms with Crippen molar-refractivity contribution in [3.05, 3.63) is 64.4 Å². The number of carbonyl (C=O) groups is 1.